The van der Waals surface area contributed by atoms with E-state index in [4.69, 9.17) is 0 Å². The van der Waals surface area contributed by atoms with E-state index in [1.807, 2.05) is 0 Å². The maximum Gasteiger partial charge on any atom is 0.399 e. The van der Waals surface area contributed by atoms with E-state index in [1.165, 1.54) is 7.11 Å². The monoisotopic (exact) mass is 184 g/mol. The van der Waals surface area contributed by atoms with Gasteiger partial charge in [0, 0.05) is 7.11 Å². The number of methoxy groups -OCH3 is 1. The lowest BCUT2D eigenvalue weighted by Crippen LogP contribution is -2.13. The first kappa shape index (κ1) is 10.8. The highest BCUT2D eigenvalue weighted by Crippen LogP contribution is 1.94. The molecule has 0 spiro atoms. The quantitative estimate of drug-likeness (QED) is 0.541. The molecule has 0 radical (unpaired) electrons. The lowest BCUT2D eigenvalue weighted by molar-refractivity contribution is 0.133. The second-order valence-corrected chi connectivity index (χ2v) is 2.92. The minimum atomic E-state index is -3.78. The van der Waals surface area contributed by atoms with Crippen LogP contribution in [-0.4, -0.2) is 35.3 Å². The maximum atomic E-state index is 10.6. The molecule has 0 aromatic rings. The van der Waals surface area contributed by atoms with E-state index in [0.717, 1.165) is 0 Å². The molecule has 0 saturated heterocycles. The number of hydrogen-bond acceptors (Lipinski definition) is 5. The van der Waals surface area contributed by atoms with Crippen LogP contribution in [0.5, 0.6) is 0 Å². The van der Waals surface area contributed by atoms with E-state index < -0.39 is 10.4 Å². The topological polar surface area (TPSA) is 61.8 Å². The number of ether oxygens (including phenoxy) is 1. The van der Waals surface area contributed by atoms with Crippen LogP contribution in [0, 0.1) is 0 Å². The zero-order chi connectivity index (χ0) is 8.74. The highest BCUT2D eigenvalue weighted by Gasteiger charge is 2.08. The Hall–Kier alpha value is -0.170. The van der Waals surface area contributed by atoms with Gasteiger partial charge in [0.05, 0.1) is 19.8 Å². The van der Waals surface area contributed by atoms with Crippen LogP contribution in [-0.2, 0) is 23.5 Å². The van der Waals surface area contributed by atoms with Crippen LogP contribution in [0.3, 0.4) is 0 Å². The van der Waals surface area contributed by atoms with Gasteiger partial charge >= 0.3 is 10.4 Å². The molecule has 5 nitrogen and oxygen atoms in total. The van der Waals surface area contributed by atoms with Crippen molar-refractivity contribution in [3.05, 3.63) is 0 Å². The third-order valence-corrected chi connectivity index (χ3v) is 1.76. The first-order valence-electron chi connectivity index (χ1n) is 3.15. The van der Waals surface area contributed by atoms with Crippen LogP contribution in [0.1, 0.15) is 6.92 Å². The Morgan fingerprint density at radius 2 is 1.82 bits per heavy atom. The molecule has 0 atom stereocenters. The predicted octanol–water partition coefficient (Wildman–Crippen LogP) is -0.0693. The molecule has 6 heteroatoms. The van der Waals surface area contributed by atoms with Crippen LogP contribution in [0.2, 0.25) is 0 Å². The van der Waals surface area contributed by atoms with Gasteiger partial charge < -0.3 is 4.74 Å². The highest BCUT2D eigenvalue weighted by molar-refractivity contribution is 7.81. The van der Waals surface area contributed by atoms with E-state index >= 15 is 0 Å². The van der Waals surface area contributed by atoms with Crippen molar-refractivity contribution in [2.75, 3.05) is 26.9 Å². The summed E-state index contributed by atoms with van der Waals surface area (Å²) in [6, 6.07) is 0. The van der Waals surface area contributed by atoms with Gasteiger partial charge in [0.15, 0.2) is 0 Å². The molecule has 0 unspecified atom stereocenters. The summed E-state index contributed by atoms with van der Waals surface area (Å²) in [7, 11) is -2.33. The Morgan fingerprint density at radius 1 is 1.18 bits per heavy atom. The fourth-order valence-corrected chi connectivity index (χ4v) is 1.03. The zero-order valence-corrected chi connectivity index (χ0v) is 7.39. The summed E-state index contributed by atoms with van der Waals surface area (Å²) in [4.78, 5) is 0. The lowest BCUT2D eigenvalue weighted by atomic mass is 10.8. The summed E-state index contributed by atoms with van der Waals surface area (Å²) >= 11 is 0. The molecule has 0 aliphatic carbocycles. The summed E-state index contributed by atoms with van der Waals surface area (Å²) in [6.45, 7) is 1.86. The van der Waals surface area contributed by atoms with Crippen molar-refractivity contribution in [1.29, 1.82) is 0 Å². The Bertz CT molecular complexity index is 173. The normalized spacial score (nSPS) is 11.8. The summed E-state index contributed by atoms with van der Waals surface area (Å²) in [5.74, 6) is 0. The van der Waals surface area contributed by atoms with Crippen LogP contribution in [0.4, 0.5) is 0 Å². The van der Waals surface area contributed by atoms with Crippen molar-refractivity contribution in [2.45, 2.75) is 6.92 Å². The molecular weight excluding hydrogens is 172 g/mol. The van der Waals surface area contributed by atoms with Gasteiger partial charge in [-0.25, -0.2) is 8.37 Å². The van der Waals surface area contributed by atoms with Gasteiger partial charge in [-0.05, 0) is 6.92 Å². The van der Waals surface area contributed by atoms with Crippen molar-refractivity contribution in [2.24, 2.45) is 0 Å². The Morgan fingerprint density at radius 3 is 2.27 bits per heavy atom. The molecule has 0 aromatic heterocycles. The molecule has 0 aromatic carbocycles. The highest BCUT2D eigenvalue weighted by atomic mass is 32.3. The molecule has 0 heterocycles. The summed E-state index contributed by atoms with van der Waals surface area (Å²) in [6.07, 6.45) is 0. The smallest absolute Gasteiger partial charge is 0.382 e. The third kappa shape index (κ3) is 6.24. The number of rotatable bonds is 6. The van der Waals surface area contributed by atoms with Crippen molar-refractivity contribution < 1.29 is 21.5 Å². The number of hydrogen-bond donors (Lipinski definition) is 0. The van der Waals surface area contributed by atoms with Gasteiger partial charge in [-0.2, -0.15) is 8.42 Å². The molecular formula is C5H12O5S. The third-order valence-electron chi connectivity index (χ3n) is 0.777. The fourth-order valence-electron chi connectivity index (χ4n) is 0.398. The molecule has 0 saturated carbocycles. The summed E-state index contributed by atoms with van der Waals surface area (Å²) < 4.78 is 34.4. The van der Waals surface area contributed by atoms with Gasteiger partial charge in [0.2, 0.25) is 0 Å². The molecule has 0 aliphatic rings. The van der Waals surface area contributed by atoms with Gasteiger partial charge in [0.25, 0.3) is 0 Å². The first-order chi connectivity index (χ1) is 5.12. The zero-order valence-electron chi connectivity index (χ0n) is 6.57. The van der Waals surface area contributed by atoms with Crippen LogP contribution < -0.4 is 0 Å². The standard InChI is InChI=1S/C5H12O5S/c1-3-9-11(6,7)10-5-4-8-2/h3-5H2,1-2H3. The fraction of sp³-hybridized carbons (Fsp3) is 1.00. The predicted molar refractivity (Wildman–Crippen MR) is 38.4 cm³/mol. The lowest BCUT2D eigenvalue weighted by Gasteiger charge is -2.02. The Labute approximate surface area is 66.6 Å². The Balaban J connectivity index is 3.56. The van der Waals surface area contributed by atoms with E-state index in [2.05, 4.69) is 13.1 Å². The summed E-state index contributed by atoms with van der Waals surface area (Å²) in [5, 5.41) is 0. The maximum absolute atomic E-state index is 10.6. The SMILES string of the molecule is CCOS(=O)(=O)OCCOC. The van der Waals surface area contributed by atoms with E-state index in [9.17, 15) is 8.42 Å². The molecule has 68 valence electrons. The second-order valence-electron chi connectivity index (χ2n) is 1.63. The minimum Gasteiger partial charge on any atom is -0.382 e. The Kier molecular flexibility index (Phi) is 5.39. The van der Waals surface area contributed by atoms with Crippen molar-refractivity contribution >= 4 is 10.4 Å². The van der Waals surface area contributed by atoms with Crippen molar-refractivity contribution in [3.63, 3.8) is 0 Å². The van der Waals surface area contributed by atoms with E-state index in [-0.39, 0.29) is 19.8 Å². The average Bonchev–Trinajstić information content (AvgIpc) is 1.87. The van der Waals surface area contributed by atoms with Crippen molar-refractivity contribution in [3.8, 4) is 0 Å². The molecule has 0 aliphatic heterocycles. The average molecular weight is 184 g/mol. The van der Waals surface area contributed by atoms with Gasteiger partial charge in [-0.3, -0.25) is 0 Å². The van der Waals surface area contributed by atoms with Crippen molar-refractivity contribution in [1.82, 2.24) is 0 Å². The first-order valence-corrected chi connectivity index (χ1v) is 4.48. The molecule has 11 heavy (non-hydrogen) atoms. The van der Waals surface area contributed by atoms with Gasteiger partial charge in [0.1, 0.15) is 0 Å². The second kappa shape index (κ2) is 5.48. The van der Waals surface area contributed by atoms with Crippen LogP contribution in [0.25, 0.3) is 0 Å². The van der Waals surface area contributed by atoms with Gasteiger partial charge in [-0.15, -0.1) is 0 Å². The van der Waals surface area contributed by atoms with E-state index in [1.54, 1.807) is 6.92 Å². The minimum absolute atomic E-state index is 0.0150. The van der Waals surface area contributed by atoms with Gasteiger partial charge in [-0.1, -0.05) is 0 Å². The molecule has 0 rings (SSSR count). The molecule has 0 bridgehead atoms. The molecule has 0 fully saturated rings. The molecule has 0 amide bonds. The van der Waals surface area contributed by atoms with Crippen LogP contribution >= 0.6 is 0 Å². The van der Waals surface area contributed by atoms with E-state index in [0.29, 0.717) is 0 Å². The molecule has 0 N–H and O–H groups in total. The summed E-state index contributed by atoms with van der Waals surface area (Å²) in [5.41, 5.74) is 0. The largest absolute Gasteiger partial charge is 0.399 e. The van der Waals surface area contributed by atoms with Crippen LogP contribution in [0.15, 0.2) is 0 Å².